The number of rotatable bonds is 6. The van der Waals surface area contributed by atoms with Gasteiger partial charge in [-0.15, -0.1) is 0 Å². The van der Waals surface area contributed by atoms with Crippen LogP contribution in [0.1, 0.15) is 12.5 Å². The van der Waals surface area contributed by atoms with Crippen LogP contribution < -0.4 is 10.9 Å². The van der Waals surface area contributed by atoms with Gasteiger partial charge in [0, 0.05) is 13.2 Å². The number of nitrogens with one attached hydrogen (secondary N) is 1. The van der Waals surface area contributed by atoms with E-state index < -0.39 is 23.2 Å². The number of hydrogen-bond acceptors (Lipinski definition) is 5. The van der Waals surface area contributed by atoms with E-state index in [1.54, 1.807) is 6.92 Å². The van der Waals surface area contributed by atoms with Crippen LogP contribution in [0.4, 0.5) is 13.2 Å². The summed E-state index contributed by atoms with van der Waals surface area (Å²) in [5.74, 6) is -0.400. The zero-order valence-corrected chi connectivity index (χ0v) is 15.6. The lowest BCUT2D eigenvalue weighted by Gasteiger charge is -2.13. The van der Waals surface area contributed by atoms with Crippen molar-refractivity contribution in [2.75, 3.05) is 13.7 Å². The van der Waals surface area contributed by atoms with E-state index in [9.17, 15) is 22.8 Å². The van der Waals surface area contributed by atoms with Crippen LogP contribution in [0.5, 0.6) is 0 Å². The molecule has 3 rings (SSSR count). The van der Waals surface area contributed by atoms with Crippen LogP contribution in [0.2, 0.25) is 0 Å². The maximum absolute atomic E-state index is 13.0. The third kappa shape index (κ3) is 4.45. The van der Waals surface area contributed by atoms with Crippen LogP contribution >= 0.6 is 0 Å². The maximum atomic E-state index is 13.0. The van der Waals surface area contributed by atoms with E-state index in [0.717, 1.165) is 27.7 Å². The van der Waals surface area contributed by atoms with E-state index in [4.69, 9.17) is 4.74 Å². The summed E-state index contributed by atoms with van der Waals surface area (Å²) in [6.45, 7) is 1.82. The van der Waals surface area contributed by atoms with E-state index in [1.165, 1.54) is 25.4 Å². The molecule has 3 aromatic rings. The number of carbonyl (C=O) groups excluding carboxylic acids is 1. The summed E-state index contributed by atoms with van der Waals surface area (Å²) in [5, 5.41) is 6.76. The Labute approximate surface area is 162 Å². The van der Waals surface area contributed by atoms with Crippen LogP contribution in [-0.2, 0) is 22.3 Å². The minimum atomic E-state index is -4.51. The molecule has 2 aromatic heterocycles. The zero-order chi connectivity index (χ0) is 21.2. The molecule has 0 fully saturated rings. The van der Waals surface area contributed by atoms with Crippen molar-refractivity contribution in [3.05, 3.63) is 52.7 Å². The minimum Gasteiger partial charge on any atom is -0.383 e. The quantitative estimate of drug-likeness (QED) is 0.670. The van der Waals surface area contributed by atoms with Gasteiger partial charge < -0.3 is 10.1 Å². The van der Waals surface area contributed by atoms with Gasteiger partial charge in [0.05, 0.1) is 24.1 Å². The molecule has 29 heavy (non-hydrogen) atoms. The SMILES string of the molecule is COCC(C)NC(=O)Cn1cnc2c(cnn2-c2cccc(C(F)(F)F)c2)c1=O. The van der Waals surface area contributed by atoms with Crippen LogP contribution in [-0.4, -0.2) is 45.0 Å². The first-order valence-corrected chi connectivity index (χ1v) is 8.60. The highest BCUT2D eigenvalue weighted by Gasteiger charge is 2.30. The number of nitrogens with zero attached hydrogens (tertiary/aromatic N) is 4. The predicted molar refractivity (Wildman–Crippen MR) is 97.6 cm³/mol. The Balaban J connectivity index is 1.91. The minimum absolute atomic E-state index is 0.0858. The standard InChI is InChI=1S/C18H18F3N5O3/c1-11(9-29-2)24-15(27)8-25-10-22-16-14(17(25)28)7-23-26(16)13-5-3-4-12(6-13)18(19,20)21/h3-7,10-11H,8-9H2,1-2H3,(H,24,27). The van der Waals surface area contributed by atoms with Crippen LogP contribution in [0.15, 0.2) is 41.6 Å². The summed E-state index contributed by atoms with van der Waals surface area (Å²) in [7, 11) is 1.51. The van der Waals surface area contributed by atoms with Crippen molar-refractivity contribution >= 4 is 16.9 Å². The van der Waals surface area contributed by atoms with Crippen molar-refractivity contribution in [2.24, 2.45) is 0 Å². The number of amides is 1. The molecule has 154 valence electrons. The molecule has 0 aliphatic carbocycles. The monoisotopic (exact) mass is 409 g/mol. The van der Waals surface area contributed by atoms with Crippen LogP contribution in [0.3, 0.4) is 0 Å². The molecule has 0 radical (unpaired) electrons. The van der Waals surface area contributed by atoms with Gasteiger partial charge in [-0.1, -0.05) is 6.07 Å². The highest BCUT2D eigenvalue weighted by molar-refractivity contribution is 5.78. The Morgan fingerprint density at radius 2 is 2.10 bits per heavy atom. The Kier molecular flexibility index (Phi) is 5.69. The summed E-state index contributed by atoms with van der Waals surface area (Å²) < 4.78 is 46.1. The lowest BCUT2D eigenvalue weighted by Crippen LogP contribution is -2.39. The summed E-state index contributed by atoms with van der Waals surface area (Å²) in [5.41, 5.74) is -1.15. The number of benzene rings is 1. The van der Waals surface area contributed by atoms with Crippen molar-refractivity contribution in [1.29, 1.82) is 0 Å². The predicted octanol–water partition coefficient (Wildman–Crippen LogP) is 1.75. The highest BCUT2D eigenvalue weighted by atomic mass is 19.4. The van der Waals surface area contributed by atoms with Crippen molar-refractivity contribution in [1.82, 2.24) is 24.6 Å². The van der Waals surface area contributed by atoms with E-state index in [0.29, 0.717) is 6.61 Å². The number of hydrogen-bond donors (Lipinski definition) is 1. The number of methoxy groups -OCH3 is 1. The van der Waals surface area contributed by atoms with Gasteiger partial charge in [-0.25, -0.2) is 9.67 Å². The smallest absolute Gasteiger partial charge is 0.383 e. The van der Waals surface area contributed by atoms with Crippen molar-refractivity contribution in [3.8, 4) is 5.69 Å². The summed E-state index contributed by atoms with van der Waals surface area (Å²) in [6, 6.07) is 4.31. The molecule has 0 spiro atoms. The average molecular weight is 409 g/mol. The van der Waals surface area contributed by atoms with Gasteiger partial charge in [0.15, 0.2) is 5.65 Å². The second kappa shape index (κ2) is 8.03. The number of halogens is 3. The molecule has 1 amide bonds. The second-order valence-electron chi connectivity index (χ2n) is 6.44. The zero-order valence-electron chi connectivity index (χ0n) is 15.6. The van der Waals surface area contributed by atoms with E-state index in [2.05, 4.69) is 15.4 Å². The van der Waals surface area contributed by atoms with Crippen LogP contribution in [0.25, 0.3) is 16.7 Å². The highest BCUT2D eigenvalue weighted by Crippen LogP contribution is 2.30. The Morgan fingerprint density at radius 1 is 1.34 bits per heavy atom. The average Bonchev–Trinajstić information content (AvgIpc) is 3.08. The largest absolute Gasteiger partial charge is 0.416 e. The summed E-state index contributed by atoms with van der Waals surface area (Å²) >= 11 is 0. The first-order valence-electron chi connectivity index (χ1n) is 8.60. The second-order valence-corrected chi connectivity index (χ2v) is 6.44. The van der Waals surface area contributed by atoms with Crippen molar-refractivity contribution < 1.29 is 22.7 Å². The molecule has 1 unspecified atom stereocenters. The molecule has 0 saturated heterocycles. The van der Waals surface area contributed by atoms with Crippen molar-refractivity contribution in [3.63, 3.8) is 0 Å². The molecular weight excluding hydrogens is 391 g/mol. The molecule has 1 aromatic carbocycles. The fourth-order valence-electron chi connectivity index (χ4n) is 2.83. The topological polar surface area (TPSA) is 91.0 Å². The summed E-state index contributed by atoms with van der Waals surface area (Å²) in [6.07, 6.45) is -2.13. The lowest BCUT2D eigenvalue weighted by atomic mass is 10.2. The number of alkyl halides is 3. The number of ether oxygens (including phenoxy) is 1. The number of carbonyl (C=O) groups is 1. The molecule has 0 aliphatic rings. The van der Waals surface area contributed by atoms with Crippen molar-refractivity contribution in [2.45, 2.75) is 25.7 Å². The van der Waals surface area contributed by atoms with Gasteiger partial charge in [-0.2, -0.15) is 18.3 Å². The van der Waals surface area contributed by atoms with Crippen LogP contribution in [0, 0.1) is 0 Å². The molecule has 0 aliphatic heterocycles. The Morgan fingerprint density at radius 3 is 2.79 bits per heavy atom. The molecule has 2 heterocycles. The maximum Gasteiger partial charge on any atom is 0.416 e. The van der Waals surface area contributed by atoms with Gasteiger partial charge in [0.25, 0.3) is 5.56 Å². The van der Waals surface area contributed by atoms with Gasteiger partial charge >= 0.3 is 6.18 Å². The fourth-order valence-corrected chi connectivity index (χ4v) is 2.83. The lowest BCUT2D eigenvalue weighted by molar-refractivity contribution is -0.137. The van der Waals surface area contributed by atoms with Gasteiger partial charge in [0.1, 0.15) is 18.3 Å². The molecule has 8 nitrogen and oxygen atoms in total. The molecule has 11 heteroatoms. The fraction of sp³-hybridized carbons (Fsp3) is 0.333. The van der Waals surface area contributed by atoms with Gasteiger partial charge in [-0.05, 0) is 25.1 Å². The Hall–Kier alpha value is -3.21. The normalized spacial score (nSPS) is 12.9. The number of fused-ring (bicyclic) bond motifs is 1. The molecule has 0 bridgehead atoms. The van der Waals surface area contributed by atoms with Gasteiger partial charge in [0.2, 0.25) is 5.91 Å². The molecular formula is C18H18F3N5O3. The first kappa shape index (κ1) is 20.5. The molecule has 1 atom stereocenters. The molecule has 1 N–H and O–H groups in total. The third-order valence-electron chi connectivity index (χ3n) is 4.11. The summed E-state index contributed by atoms with van der Waals surface area (Å²) in [4.78, 5) is 28.8. The van der Waals surface area contributed by atoms with E-state index >= 15 is 0 Å². The third-order valence-corrected chi connectivity index (χ3v) is 4.11. The van der Waals surface area contributed by atoms with Gasteiger partial charge in [-0.3, -0.25) is 14.2 Å². The Bertz CT molecular complexity index is 1090. The number of aromatic nitrogens is 4. The first-order chi connectivity index (χ1) is 13.7. The molecule has 0 saturated carbocycles. The van der Waals surface area contributed by atoms with E-state index in [-0.39, 0.29) is 29.3 Å². The van der Waals surface area contributed by atoms with E-state index in [1.807, 2.05) is 0 Å².